The van der Waals surface area contributed by atoms with Gasteiger partial charge >= 0.3 is 0 Å². The molecule has 2 unspecified atom stereocenters. The number of nitrogens with two attached hydrogens (primary N) is 1. The van der Waals surface area contributed by atoms with E-state index >= 15 is 0 Å². The highest BCUT2D eigenvalue weighted by molar-refractivity contribution is 5.47. The molecule has 2 N–H and O–H groups in total. The lowest BCUT2D eigenvalue weighted by Gasteiger charge is -2.23. The zero-order valence-electron chi connectivity index (χ0n) is 10.8. The summed E-state index contributed by atoms with van der Waals surface area (Å²) in [7, 11) is 4.26. The molecule has 0 aliphatic carbocycles. The average Bonchev–Trinajstić information content (AvgIpc) is 2.71. The lowest BCUT2D eigenvalue weighted by molar-refractivity contribution is 0.266. The van der Waals surface area contributed by atoms with Crippen molar-refractivity contribution in [3.8, 4) is 0 Å². The molecule has 5 nitrogen and oxygen atoms in total. The van der Waals surface area contributed by atoms with Crippen LogP contribution in [0.15, 0.2) is 12.3 Å². The number of rotatable bonds is 3. The SMILES string of the molecule is CC1CN(c2nnccc2CN)CC1N(C)C. The fraction of sp³-hybridized carbons (Fsp3) is 0.667. The molecule has 0 spiro atoms. The predicted octanol–water partition coefficient (Wildman–Crippen LogP) is 0.322. The number of anilines is 1. The first-order chi connectivity index (χ1) is 8.13. The van der Waals surface area contributed by atoms with Gasteiger partial charge in [0.25, 0.3) is 0 Å². The summed E-state index contributed by atoms with van der Waals surface area (Å²) in [6.45, 7) is 4.82. The van der Waals surface area contributed by atoms with E-state index in [4.69, 9.17) is 5.73 Å². The molecule has 0 amide bonds. The van der Waals surface area contributed by atoms with Crippen LogP contribution in [0.1, 0.15) is 12.5 Å². The number of nitrogens with zero attached hydrogens (tertiary/aromatic N) is 4. The quantitative estimate of drug-likeness (QED) is 0.817. The highest BCUT2D eigenvalue weighted by Crippen LogP contribution is 2.26. The summed E-state index contributed by atoms with van der Waals surface area (Å²) in [5.74, 6) is 1.59. The molecule has 0 radical (unpaired) electrons. The van der Waals surface area contributed by atoms with Crippen molar-refractivity contribution in [2.24, 2.45) is 11.7 Å². The first-order valence-electron chi connectivity index (χ1n) is 6.05. The van der Waals surface area contributed by atoms with Crippen molar-refractivity contribution in [2.45, 2.75) is 19.5 Å². The number of hydrogen-bond acceptors (Lipinski definition) is 5. The van der Waals surface area contributed by atoms with Gasteiger partial charge in [0, 0.05) is 31.2 Å². The van der Waals surface area contributed by atoms with Gasteiger partial charge in [-0.2, -0.15) is 5.10 Å². The van der Waals surface area contributed by atoms with E-state index in [1.165, 1.54) is 0 Å². The van der Waals surface area contributed by atoms with Crippen LogP contribution >= 0.6 is 0 Å². The molecule has 0 bridgehead atoms. The van der Waals surface area contributed by atoms with Gasteiger partial charge in [0.15, 0.2) is 5.82 Å². The monoisotopic (exact) mass is 235 g/mol. The van der Waals surface area contributed by atoms with Crippen LogP contribution in [-0.4, -0.2) is 48.3 Å². The molecule has 2 heterocycles. The third kappa shape index (κ3) is 2.40. The van der Waals surface area contributed by atoms with Gasteiger partial charge < -0.3 is 15.5 Å². The van der Waals surface area contributed by atoms with E-state index < -0.39 is 0 Å². The van der Waals surface area contributed by atoms with Crippen LogP contribution in [0.2, 0.25) is 0 Å². The molecule has 2 atom stereocenters. The Bertz CT molecular complexity index is 379. The van der Waals surface area contributed by atoms with Crippen LogP contribution in [0, 0.1) is 5.92 Å². The zero-order valence-corrected chi connectivity index (χ0v) is 10.8. The van der Waals surface area contributed by atoms with Crippen molar-refractivity contribution >= 4 is 5.82 Å². The topological polar surface area (TPSA) is 58.3 Å². The second-order valence-corrected chi connectivity index (χ2v) is 5.00. The second-order valence-electron chi connectivity index (χ2n) is 5.00. The molecular formula is C12H21N5. The van der Waals surface area contributed by atoms with E-state index in [9.17, 15) is 0 Å². The molecule has 1 fully saturated rings. The lowest BCUT2D eigenvalue weighted by Crippen LogP contribution is -2.34. The lowest BCUT2D eigenvalue weighted by atomic mass is 10.1. The Morgan fingerprint density at radius 1 is 1.47 bits per heavy atom. The molecule has 1 aliphatic rings. The van der Waals surface area contributed by atoms with Crippen LogP contribution < -0.4 is 10.6 Å². The normalized spacial score (nSPS) is 24.6. The molecule has 1 saturated heterocycles. The fourth-order valence-corrected chi connectivity index (χ4v) is 2.57. The highest BCUT2D eigenvalue weighted by atomic mass is 15.3. The van der Waals surface area contributed by atoms with Gasteiger partial charge in [-0.05, 0) is 26.1 Å². The van der Waals surface area contributed by atoms with Crippen molar-refractivity contribution in [2.75, 3.05) is 32.1 Å². The predicted molar refractivity (Wildman–Crippen MR) is 68.8 cm³/mol. The van der Waals surface area contributed by atoms with Gasteiger partial charge in [-0.25, -0.2) is 0 Å². The smallest absolute Gasteiger partial charge is 0.155 e. The van der Waals surface area contributed by atoms with E-state index in [1.54, 1.807) is 6.20 Å². The molecule has 17 heavy (non-hydrogen) atoms. The summed E-state index contributed by atoms with van der Waals surface area (Å²) in [5, 5.41) is 8.21. The number of likely N-dealkylation sites (N-methyl/N-ethyl adjacent to an activating group) is 1. The summed E-state index contributed by atoms with van der Waals surface area (Å²) < 4.78 is 0. The van der Waals surface area contributed by atoms with Crippen molar-refractivity contribution < 1.29 is 0 Å². The van der Waals surface area contributed by atoms with Crippen molar-refractivity contribution in [3.63, 3.8) is 0 Å². The van der Waals surface area contributed by atoms with Crippen LogP contribution in [0.5, 0.6) is 0 Å². The number of hydrogen-bond donors (Lipinski definition) is 1. The third-order valence-electron chi connectivity index (χ3n) is 3.54. The minimum absolute atomic E-state index is 0.516. The van der Waals surface area contributed by atoms with E-state index in [0.29, 0.717) is 18.5 Å². The standard InChI is InChI=1S/C12H21N5/c1-9-7-17(8-11(9)16(2)3)12-10(6-13)4-5-14-15-12/h4-5,9,11H,6-8,13H2,1-3H3. The van der Waals surface area contributed by atoms with Gasteiger partial charge in [-0.1, -0.05) is 6.92 Å². The van der Waals surface area contributed by atoms with Crippen molar-refractivity contribution in [3.05, 3.63) is 17.8 Å². The average molecular weight is 235 g/mol. The van der Waals surface area contributed by atoms with Crippen LogP contribution in [0.25, 0.3) is 0 Å². The van der Waals surface area contributed by atoms with Gasteiger partial charge in [0.2, 0.25) is 0 Å². The summed E-state index contributed by atoms with van der Waals surface area (Å²) >= 11 is 0. The summed E-state index contributed by atoms with van der Waals surface area (Å²) in [5.41, 5.74) is 6.82. The highest BCUT2D eigenvalue weighted by Gasteiger charge is 2.32. The molecule has 0 saturated carbocycles. The first kappa shape index (κ1) is 12.3. The zero-order chi connectivity index (χ0) is 12.4. The minimum atomic E-state index is 0.516. The van der Waals surface area contributed by atoms with Gasteiger partial charge in [0.05, 0.1) is 6.20 Å². The molecule has 94 valence electrons. The Morgan fingerprint density at radius 2 is 2.24 bits per heavy atom. The van der Waals surface area contributed by atoms with Crippen LogP contribution in [-0.2, 0) is 6.54 Å². The summed E-state index contributed by atoms with van der Waals surface area (Å²) in [6.07, 6.45) is 1.70. The van der Waals surface area contributed by atoms with E-state index in [0.717, 1.165) is 24.5 Å². The van der Waals surface area contributed by atoms with Gasteiger partial charge in [0.1, 0.15) is 0 Å². The molecule has 5 heteroatoms. The maximum absolute atomic E-state index is 5.74. The molecule has 1 aliphatic heterocycles. The molecule has 1 aromatic heterocycles. The third-order valence-corrected chi connectivity index (χ3v) is 3.54. The van der Waals surface area contributed by atoms with Crippen LogP contribution in [0.4, 0.5) is 5.82 Å². The Hall–Kier alpha value is -1.20. The molecular weight excluding hydrogens is 214 g/mol. The summed E-state index contributed by atoms with van der Waals surface area (Å²) in [4.78, 5) is 4.58. The van der Waals surface area contributed by atoms with Crippen molar-refractivity contribution in [1.82, 2.24) is 15.1 Å². The van der Waals surface area contributed by atoms with Crippen molar-refractivity contribution in [1.29, 1.82) is 0 Å². The van der Waals surface area contributed by atoms with E-state index in [-0.39, 0.29) is 0 Å². The largest absolute Gasteiger partial charge is 0.353 e. The van der Waals surface area contributed by atoms with Gasteiger partial charge in [-0.3, -0.25) is 0 Å². The first-order valence-corrected chi connectivity index (χ1v) is 6.05. The maximum atomic E-state index is 5.74. The molecule has 0 aromatic carbocycles. The second kappa shape index (κ2) is 4.98. The Balaban J connectivity index is 2.19. The fourth-order valence-electron chi connectivity index (χ4n) is 2.57. The number of aromatic nitrogens is 2. The maximum Gasteiger partial charge on any atom is 0.155 e. The Kier molecular flexibility index (Phi) is 3.59. The minimum Gasteiger partial charge on any atom is -0.353 e. The van der Waals surface area contributed by atoms with E-state index in [1.807, 2.05) is 6.07 Å². The van der Waals surface area contributed by atoms with Crippen LogP contribution in [0.3, 0.4) is 0 Å². The Morgan fingerprint density at radius 3 is 2.82 bits per heavy atom. The van der Waals surface area contributed by atoms with Gasteiger partial charge in [-0.15, -0.1) is 5.10 Å². The molecule has 2 rings (SSSR count). The summed E-state index contributed by atoms with van der Waals surface area (Å²) in [6, 6.07) is 2.53. The molecule has 1 aromatic rings. The van der Waals surface area contributed by atoms with E-state index in [2.05, 4.69) is 41.0 Å². The Labute approximate surface area is 103 Å².